The second-order valence-electron chi connectivity index (χ2n) is 8.17. The van der Waals surface area contributed by atoms with Gasteiger partial charge < -0.3 is 19.1 Å². The van der Waals surface area contributed by atoms with E-state index in [-0.39, 0.29) is 12.1 Å². The van der Waals surface area contributed by atoms with E-state index in [0.717, 1.165) is 62.5 Å². The van der Waals surface area contributed by atoms with E-state index in [1.807, 2.05) is 12.3 Å². The Balaban J connectivity index is 1.33. The average Bonchev–Trinajstić information content (AvgIpc) is 3.18. The molecule has 0 bridgehead atoms. The molecule has 0 aromatic carbocycles. The number of esters is 1. The number of carbonyl (C=O) groups is 1. The minimum absolute atomic E-state index is 0.130. The largest absolute Gasteiger partial charge is 0.455 e. The predicted molar refractivity (Wildman–Crippen MR) is 99.3 cm³/mol. The molecule has 144 valence electrons. The van der Waals surface area contributed by atoms with Crippen molar-refractivity contribution in [3.63, 3.8) is 0 Å². The van der Waals surface area contributed by atoms with E-state index in [1.54, 1.807) is 0 Å². The van der Waals surface area contributed by atoms with Crippen LogP contribution in [-0.4, -0.2) is 49.0 Å². The van der Waals surface area contributed by atoms with Gasteiger partial charge in [-0.3, -0.25) is 0 Å². The second kappa shape index (κ2) is 6.60. The van der Waals surface area contributed by atoms with Crippen LogP contribution >= 0.6 is 0 Å². The standard InChI is InChI=1S/C21H26N2O4/c1-14-10-16-3-4-18-21(16,17(11-14)20(24)27-18)26-13-15-2-5-19(22-12-15)23-6-8-25-9-7-23/h2,5,11-12,14,16,18H,3-4,6-10,13H2,1H3/t14-,16?,18+,21-/m0/s1. The van der Waals surface area contributed by atoms with E-state index >= 15 is 0 Å². The fourth-order valence-corrected chi connectivity index (χ4v) is 5.20. The Kier molecular flexibility index (Phi) is 4.20. The number of nitrogens with zero attached hydrogens (tertiary/aromatic N) is 2. The Morgan fingerprint density at radius 2 is 2.15 bits per heavy atom. The lowest BCUT2D eigenvalue weighted by Crippen LogP contribution is -2.46. The number of hydrogen-bond acceptors (Lipinski definition) is 6. The van der Waals surface area contributed by atoms with Gasteiger partial charge in [-0.1, -0.05) is 19.1 Å². The third-order valence-corrected chi connectivity index (χ3v) is 6.48. The number of allylic oxidation sites excluding steroid dienone is 1. The van der Waals surface area contributed by atoms with Crippen LogP contribution in [0.25, 0.3) is 0 Å². The molecule has 0 radical (unpaired) electrons. The molecule has 6 heteroatoms. The molecule has 6 nitrogen and oxygen atoms in total. The van der Waals surface area contributed by atoms with Crippen LogP contribution in [0.2, 0.25) is 0 Å². The van der Waals surface area contributed by atoms with Gasteiger partial charge in [-0.05, 0) is 42.7 Å². The van der Waals surface area contributed by atoms with E-state index in [4.69, 9.17) is 14.2 Å². The Morgan fingerprint density at radius 1 is 1.30 bits per heavy atom. The molecule has 0 spiro atoms. The molecule has 0 amide bonds. The van der Waals surface area contributed by atoms with Gasteiger partial charge in [0.1, 0.15) is 17.5 Å². The summed E-state index contributed by atoms with van der Waals surface area (Å²) >= 11 is 0. The summed E-state index contributed by atoms with van der Waals surface area (Å²) in [6, 6.07) is 4.12. The zero-order valence-corrected chi connectivity index (χ0v) is 15.7. The molecule has 27 heavy (non-hydrogen) atoms. The van der Waals surface area contributed by atoms with Crippen LogP contribution in [0.1, 0.15) is 31.7 Å². The molecule has 2 aliphatic heterocycles. The normalized spacial score (nSPS) is 35.0. The number of morpholine rings is 1. The smallest absolute Gasteiger partial charge is 0.337 e. The Bertz CT molecular complexity index is 756. The highest BCUT2D eigenvalue weighted by Gasteiger charge is 2.63. The maximum atomic E-state index is 12.4. The average molecular weight is 370 g/mol. The summed E-state index contributed by atoms with van der Waals surface area (Å²) in [6.45, 7) is 5.87. The highest BCUT2D eigenvalue weighted by Crippen LogP contribution is 2.55. The molecule has 1 aromatic heterocycles. The van der Waals surface area contributed by atoms with Crippen molar-refractivity contribution in [2.24, 2.45) is 11.8 Å². The van der Waals surface area contributed by atoms with Gasteiger partial charge in [0.15, 0.2) is 0 Å². The van der Waals surface area contributed by atoms with Gasteiger partial charge in [-0.15, -0.1) is 0 Å². The molecule has 1 saturated carbocycles. The number of hydrogen-bond donors (Lipinski definition) is 0. The SMILES string of the molecule is C[C@@H]1C=C2C(=O)O[C@@H]3CCC(C1)[C@]23OCc1ccc(N2CCOCC2)nc1. The van der Waals surface area contributed by atoms with Crippen LogP contribution in [0.4, 0.5) is 5.82 Å². The van der Waals surface area contributed by atoms with E-state index in [0.29, 0.717) is 18.4 Å². The molecule has 4 atom stereocenters. The number of anilines is 1. The highest BCUT2D eigenvalue weighted by atomic mass is 16.6. The fraction of sp³-hybridized carbons (Fsp3) is 0.619. The van der Waals surface area contributed by atoms with Crippen molar-refractivity contribution in [3.8, 4) is 0 Å². The van der Waals surface area contributed by atoms with E-state index in [9.17, 15) is 4.79 Å². The molecule has 3 heterocycles. The first-order chi connectivity index (χ1) is 13.2. The van der Waals surface area contributed by atoms with Crippen molar-refractivity contribution in [2.45, 2.75) is 44.5 Å². The Morgan fingerprint density at radius 3 is 2.93 bits per heavy atom. The van der Waals surface area contributed by atoms with Gasteiger partial charge >= 0.3 is 5.97 Å². The summed E-state index contributed by atoms with van der Waals surface area (Å²) in [5, 5.41) is 0. The van der Waals surface area contributed by atoms with Gasteiger partial charge in [0.2, 0.25) is 0 Å². The van der Waals surface area contributed by atoms with Crippen LogP contribution in [0.15, 0.2) is 30.0 Å². The molecule has 1 unspecified atom stereocenters. The first kappa shape index (κ1) is 17.2. The van der Waals surface area contributed by atoms with E-state index < -0.39 is 5.60 Å². The first-order valence-electron chi connectivity index (χ1n) is 10.0. The minimum Gasteiger partial charge on any atom is -0.455 e. The van der Waals surface area contributed by atoms with Crippen LogP contribution in [-0.2, 0) is 25.6 Å². The summed E-state index contributed by atoms with van der Waals surface area (Å²) in [5.41, 5.74) is 1.23. The highest BCUT2D eigenvalue weighted by molar-refractivity contribution is 5.94. The van der Waals surface area contributed by atoms with Gasteiger partial charge in [-0.2, -0.15) is 0 Å². The van der Waals surface area contributed by atoms with E-state index in [2.05, 4.69) is 29.0 Å². The van der Waals surface area contributed by atoms with Crippen molar-refractivity contribution < 1.29 is 19.0 Å². The molecule has 5 rings (SSSR count). The zero-order valence-electron chi connectivity index (χ0n) is 15.7. The molecule has 3 fully saturated rings. The summed E-state index contributed by atoms with van der Waals surface area (Å²) in [5.74, 6) is 1.56. The Labute approximate surface area is 159 Å². The number of ether oxygens (including phenoxy) is 3. The van der Waals surface area contributed by atoms with Gasteiger partial charge in [0, 0.05) is 19.3 Å². The lowest BCUT2D eigenvalue weighted by Gasteiger charge is -2.38. The molecule has 0 N–H and O–H groups in total. The maximum Gasteiger partial charge on any atom is 0.337 e. The third kappa shape index (κ3) is 2.77. The zero-order chi connectivity index (χ0) is 18.4. The summed E-state index contributed by atoms with van der Waals surface area (Å²) < 4.78 is 17.6. The molecule has 2 saturated heterocycles. The molecular weight excluding hydrogens is 344 g/mol. The van der Waals surface area contributed by atoms with Crippen LogP contribution in [0.3, 0.4) is 0 Å². The van der Waals surface area contributed by atoms with Crippen LogP contribution in [0.5, 0.6) is 0 Å². The monoisotopic (exact) mass is 370 g/mol. The predicted octanol–water partition coefficient (Wildman–Crippen LogP) is 2.48. The number of rotatable bonds is 4. The summed E-state index contributed by atoms with van der Waals surface area (Å²) in [4.78, 5) is 19.2. The number of carbonyl (C=O) groups excluding carboxylic acids is 1. The fourth-order valence-electron chi connectivity index (χ4n) is 5.20. The van der Waals surface area contributed by atoms with Crippen LogP contribution < -0.4 is 4.90 Å². The van der Waals surface area contributed by atoms with Crippen molar-refractivity contribution in [2.75, 3.05) is 31.2 Å². The molecule has 4 aliphatic rings. The number of pyridine rings is 1. The van der Waals surface area contributed by atoms with Gasteiger partial charge in [-0.25, -0.2) is 9.78 Å². The topological polar surface area (TPSA) is 60.9 Å². The maximum absolute atomic E-state index is 12.4. The number of aromatic nitrogens is 1. The summed E-state index contributed by atoms with van der Waals surface area (Å²) in [6.07, 6.45) is 6.85. The minimum atomic E-state index is -0.549. The van der Waals surface area contributed by atoms with Crippen LogP contribution in [0, 0.1) is 11.8 Å². The molecular formula is C21H26N2O4. The lowest BCUT2D eigenvalue weighted by molar-refractivity contribution is -0.142. The van der Waals surface area contributed by atoms with Crippen molar-refractivity contribution >= 4 is 11.8 Å². The Hall–Kier alpha value is -1.92. The van der Waals surface area contributed by atoms with Crippen molar-refractivity contribution in [1.82, 2.24) is 4.98 Å². The second-order valence-corrected chi connectivity index (χ2v) is 8.17. The van der Waals surface area contributed by atoms with Crippen molar-refractivity contribution in [3.05, 3.63) is 35.5 Å². The molecule has 1 aromatic rings. The van der Waals surface area contributed by atoms with Gasteiger partial charge in [0.05, 0.1) is 25.4 Å². The van der Waals surface area contributed by atoms with E-state index in [1.165, 1.54) is 0 Å². The first-order valence-corrected chi connectivity index (χ1v) is 10.0. The van der Waals surface area contributed by atoms with Crippen molar-refractivity contribution in [1.29, 1.82) is 0 Å². The molecule has 2 aliphatic carbocycles. The lowest BCUT2D eigenvalue weighted by atomic mass is 9.73. The summed E-state index contributed by atoms with van der Waals surface area (Å²) in [7, 11) is 0. The quantitative estimate of drug-likeness (QED) is 0.759. The third-order valence-electron chi connectivity index (χ3n) is 6.48. The van der Waals surface area contributed by atoms with Gasteiger partial charge in [0.25, 0.3) is 0 Å².